The SMILES string of the molecule is CC(C)(C)OC(=O)N1CCC(Oc2cc(C(C)(C)C)ccc2C(=O)Nc2ccc(Cl)cc2C(=O)Nc2ccc(Cl)cn2)CC1.Cl. The lowest BCUT2D eigenvalue weighted by Gasteiger charge is -2.34. The number of amides is 3. The van der Waals surface area contributed by atoms with Crippen LogP contribution < -0.4 is 15.4 Å². The molecule has 1 saturated heterocycles. The third kappa shape index (κ3) is 9.98. The zero-order valence-electron chi connectivity index (χ0n) is 26.2. The van der Waals surface area contributed by atoms with Gasteiger partial charge in [-0.2, -0.15) is 0 Å². The number of nitrogens with one attached hydrogen (secondary N) is 2. The zero-order chi connectivity index (χ0) is 32.2. The molecule has 0 aliphatic carbocycles. The zero-order valence-corrected chi connectivity index (χ0v) is 28.5. The number of piperidine rings is 1. The number of pyridine rings is 1. The van der Waals surface area contributed by atoms with Gasteiger partial charge in [0.25, 0.3) is 11.8 Å². The van der Waals surface area contributed by atoms with E-state index in [9.17, 15) is 14.4 Å². The normalized spacial score (nSPS) is 13.8. The van der Waals surface area contributed by atoms with Gasteiger partial charge >= 0.3 is 6.09 Å². The number of aromatic nitrogens is 1. The van der Waals surface area contributed by atoms with Gasteiger partial charge in [0.15, 0.2) is 0 Å². The molecule has 0 unspecified atom stereocenters. The first-order valence-corrected chi connectivity index (χ1v) is 15.2. The van der Waals surface area contributed by atoms with E-state index in [1.807, 2.05) is 32.9 Å². The van der Waals surface area contributed by atoms with Gasteiger partial charge in [0.05, 0.1) is 21.8 Å². The molecule has 1 fully saturated rings. The van der Waals surface area contributed by atoms with Crippen LogP contribution in [0, 0.1) is 0 Å². The fourth-order valence-electron chi connectivity index (χ4n) is 4.57. The second kappa shape index (κ2) is 14.7. The molecule has 0 saturated carbocycles. The average Bonchev–Trinajstić information content (AvgIpc) is 2.94. The molecule has 0 atom stereocenters. The second-order valence-electron chi connectivity index (χ2n) is 12.7. The fourth-order valence-corrected chi connectivity index (χ4v) is 4.86. The highest BCUT2D eigenvalue weighted by molar-refractivity contribution is 6.31. The maximum Gasteiger partial charge on any atom is 0.410 e. The predicted octanol–water partition coefficient (Wildman–Crippen LogP) is 8.39. The Morgan fingerprint density at radius 3 is 2.09 bits per heavy atom. The van der Waals surface area contributed by atoms with E-state index < -0.39 is 17.4 Å². The van der Waals surface area contributed by atoms with E-state index in [-0.39, 0.29) is 41.3 Å². The van der Waals surface area contributed by atoms with Crippen molar-refractivity contribution in [1.82, 2.24) is 9.88 Å². The summed E-state index contributed by atoms with van der Waals surface area (Å²) in [4.78, 5) is 45.2. The Balaban J connectivity index is 0.00000552. The number of hydrogen-bond donors (Lipinski definition) is 2. The summed E-state index contributed by atoms with van der Waals surface area (Å²) in [6.07, 6.45) is 2.03. The Kier molecular flexibility index (Phi) is 11.7. The lowest BCUT2D eigenvalue weighted by Crippen LogP contribution is -2.44. The van der Waals surface area contributed by atoms with Crippen molar-refractivity contribution < 1.29 is 23.9 Å². The summed E-state index contributed by atoms with van der Waals surface area (Å²) < 4.78 is 11.9. The Hall–Kier alpha value is -3.53. The van der Waals surface area contributed by atoms with Gasteiger partial charge in [-0.25, -0.2) is 9.78 Å². The standard InChI is InChI=1S/C33H38Cl2N4O5.ClH/c1-32(2,3)20-7-10-24(27(17-20)43-23-13-15-39(16-14-23)31(42)44-33(4,5)6)29(40)37-26-11-8-21(34)18-25(26)30(41)38-28-12-9-22(35)19-36-28;/h7-12,17-19,23H,13-16H2,1-6H3,(H,37,40)(H,36,38,41);1H. The largest absolute Gasteiger partial charge is 0.489 e. The minimum atomic E-state index is -0.572. The quantitative estimate of drug-likeness (QED) is 0.271. The Morgan fingerprint density at radius 1 is 0.844 bits per heavy atom. The van der Waals surface area contributed by atoms with Crippen LogP contribution in [0.15, 0.2) is 54.7 Å². The minimum absolute atomic E-state index is 0. The molecule has 2 aromatic carbocycles. The predicted molar refractivity (Wildman–Crippen MR) is 180 cm³/mol. The minimum Gasteiger partial charge on any atom is -0.489 e. The molecule has 1 aromatic heterocycles. The van der Waals surface area contributed by atoms with Gasteiger partial charge in [-0.05, 0) is 74.2 Å². The number of hydrogen-bond acceptors (Lipinski definition) is 6. The smallest absolute Gasteiger partial charge is 0.410 e. The molecule has 9 nitrogen and oxygen atoms in total. The molecule has 3 amide bonds. The summed E-state index contributed by atoms with van der Waals surface area (Å²) in [7, 11) is 0. The van der Waals surface area contributed by atoms with E-state index in [0.29, 0.717) is 53.1 Å². The van der Waals surface area contributed by atoms with E-state index in [0.717, 1.165) is 5.56 Å². The van der Waals surface area contributed by atoms with Crippen LogP contribution in [0.4, 0.5) is 16.3 Å². The molecule has 1 aliphatic rings. The molecule has 1 aliphatic heterocycles. The van der Waals surface area contributed by atoms with Crippen molar-refractivity contribution >= 4 is 65.0 Å². The second-order valence-corrected chi connectivity index (χ2v) is 13.6. The first kappa shape index (κ1) is 35.9. The van der Waals surface area contributed by atoms with Crippen LogP contribution in [-0.2, 0) is 10.2 Å². The number of anilines is 2. The number of halogens is 3. The summed E-state index contributed by atoms with van der Waals surface area (Å²) >= 11 is 12.1. The third-order valence-corrected chi connectivity index (χ3v) is 7.38. The molecule has 12 heteroatoms. The lowest BCUT2D eigenvalue weighted by molar-refractivity contribution is 0.0126. The number of nitrogens with zero attached hydrogens (tertiary/aromatic N) is 2. The fraction of sp³-hybridized carbons (Fsp3) is 0.394. The van der Waals surface area contributed by atoms with Crippen LogP contribution in [0.5, 0.6) is 5.75 Å². The number of rotatable bonds is 6. The summed E-state index contributed by atoms with van der Waals surface area (Å²) in [5, 5.41) is 6.32. The van der Waals surface area contributed by atoms with Crippen LogP contribution in [0.2, 0.25) is 10.0 Å². The van der Waals surface area contributed by atoms with E-state index in [1.165, 1.54) is 12.3 Å². The summed E-state index contributed by atoms with van der Waals surface area (Å²) in [6, 6.07) is 13.3. The molecule has 242 valence electrons. The number of carbonyl (C=O) groups excluding carboxylic acids is 3. The number of likely N-dealkylation sites (tertiary alicyclic amines) is 1. The molecule has 4 rings (SSSR count). The monoisotopic (exact) mass is 676 g/mol. The van der Waals surface area contributed by atoms with Gasteiger partial charge in [0, 0.05) is 37.2 Å². The maximum absolute atomic E-state index is 13.7. The molecule has 3 aromatic rings. The number of carbonyl (C=O) groups is 3. The van der Waals surface area contributed by atoms with Crippen molar-refractivity contribution in [2.24, 2.45) is 0 Å². The Bertz CT molecular complexity index is 1530. The molecule has 2 N–H and O–H groups in total. The van der Waals surface area contributed by atoms with Crippen LogP contribution in [0.3, 0.4) is 0 Å². The van der Waals surface area contributed by atoms with Crippen LogP contribution in [0.1, 0.15) is 80.7 Å². The van der Waals surface area contributed by atoms with Gasteiger partial charge in [0.1, 0.15) is 23.3 Å². The van der Waals surface area contributed by atoms with E-state index in [2.05, 4.69) is 36.4 Å². The van der Waals surface area contributed by atoms with Gasteiger partial charge < -0.3 is 25.0 Å². The van der Waals surface area contributed by atoms with Crippen LogP contribution in [0.25, 0.3) is 0 Å². The molecule has 0 bridgehead atoms. The van der Waals surface area contributed by atoms with Crippen molar-refractivity contribution in [3.05, 3.63) is 81.5 Å². The van der Waals surface area contributed by atoms with Crippen molar-refractivity contribution in [2.45, 2.75) is 71.5 Å². The van der Waals surface area contributed by atoms with Crippen molar-refractivity contribution in [3.63, 3.8) is 0 Å². The van der Waals surface area contributed by atoms with Gasteiger partial charge in [-0.15, -0.1) is 12.4 Å². The molecular weight excluding hydrogens is 639 g/mol. The Morgan fingerprint density at radius 2 is 1.49 bits per heavy atom. The van der Waals surface area contributed by atoms with Crippen LogP contribution >= 0.6 is 35.6 Å². The first-order chi connectivity index (χ1) is 20.6. The highest BCUT2D eigenvalue weighted by atomic mass is 35.5. The maximum atomic E-state index is 13.7. The van der Waals surface area contributed by atoms with Crippen molar-refractivity contribution in [3.8, 4) is 5.75 Å². The van der Waals surface area contributed by atoms with Gasteiger partial charge in [-0.1, -0.05) is 50.0 Å². The molecule has 45 heavy (non-hydrogen) atoms. The third-order valence-electron chi connectivity index (χ3n) is 6.92. The lowest BCUT2D eigenvalue weighted by atomic mass is 9.86. The summed E-state index contributed by atoms with van der Waals surface area (Å²) in [5.74, 6) is -0.236. The molecule has 2 heterocycles. The van der Waals surface area contributed by atoms with E-state index >= 15 is 0 Å². The number of benzene rings is 2. The van der Waals surface area contributed by atoms with Gasteiger partial charge in [0.2, 0.25) is 0 Å². The summed E-state index contributed by atoms with van der Waals surface area (Å²) in [6.45, 7) is 12.7. The van der Waals surface area contributed by atoms with E-state index in [1.54, 1.807) is 35.2 Å². The highest BCUT2D eigenvalue weighted by Gasteiger charge is 2.29. The summed E-state index contributed by atoms with van der Waals surface area (Å²) in [5.41, 5.74) is 0.973. The van der Waals surface area contributed by atoms with Crippen LogP contribution in [-0.4, -0.2) is 52.6 Å². The van der Waals surface area contributed by atoms with Crippen molar-refractivity contribution in [2.75, 3.05) is 23.7 Å². The van der Waals surface area contributed by atoms with Gasteiger partial charge in [-0.3, -0.25) is 9.59 Å². The van der Waals surface area contributed by atoms with Crippen molar-refractivity contribution in [1.29, 1.82) is 0 Å². The molecular formula is C33H39Cl3N4O5. The Labute approximate surface area is 280 Å². The average molecular weight is 678 g/mol. The topological polar surface area (TPSA) is 110 Å². The van der Waals surface area contributed by atoms with E-state index in [4.69, 9.17) is 32.7 Å². The molecule has 0 radical (unpaired) electrons. The highest BCUT2D eigenvalue weighted by Crippen LogP contribution is 2.32. The molecule has 0 spiro atoms. The first-order valence-electron chi connectivity index (χ1n) is 14.4. The number of ether oxygens (including phenoxy) is 2.